The van der Waals surface area contributed by atoms with Crippen LogP contribution in [0.5, 0.6) is 0 Å². The maximum absolute atomic E-state index is 13.5. The number of benzene rings is 1. The van der Waals surface area contributed by atoms with Gasteiger partial charge in [-0.15, -0.1) is 5.06 Å². The molecule has 1 fully saturated rings. The number of nitrogens with two attached hydrogens (primary N) is 1. The SMILES string of the molecule is CC(=O)C(C)(C)NC(=O)OCc1ccc(NC(=O)[C@H](CCCNC(N)=O)CC(=O)[C@@H](NC(=O)CCOCCOCCC(=O)ON2C(=O)CCC2=O)C(C)C)cc1. The van der Waals surface area contributed by atoms with Gasteiger partial charge < -0.3 is 46.0 Å². The lowest BCUT2D eigenvalue weighted by Crippen LogP contribution is -2.48. The van der Waals surface area contributed by atoms with Crippen molar-refractivity contribution in [1.82, 2.24) is 21.0 Å². The summed E-state index contributed by atoms with van der Waals surface area (Å²) >= 11 is 0. The Morgan fingerprint density at radius 1 is 0.893 bits per heavy atom. The van der Waals surface area contributed by atoms with Crippen molar-refractivity contribution in [2.24, 2.45) is 17.6 Å². The van der Waals surface area contributed by atoms with Gasteiger partial charge in [0.05, 0.1) is 44.4 Å². The first-order valence-electron chi connectivity index (χ1n) is 18.3. The van der Waals surface area contributed by atoms with Crippen LogP contribution in [-0.2, 0) is 59.2 Å². The number of alkyl carbamates (subject to hydrolysis) is 1. The number of carbonyl (C=O) groups is 9. The van der Waals surface area contributed by atoms with Gasteiger partial charge >= 0.3 is 18.1 Å². The molecule has 6 N–H and O–H groups in total. The number of ether oxygens (including phenoxy) is 3. The molecule has 1 aliphatic rings. The van der Waals surface area contributed by atoms with Gasteiger partial charge in [-0.05, 0) is 57.2 Å². The highest BCUT2D eigenvalue weighted by atomic mass is 16.7. The average molecular weight is 791 g/mol. The zero-order valence-corrected chi connectivity index (χ0v) is 32.6. The summed E-state index contributed by atoms with van der Waals surface area (Å²) in [6.45, 7) is 8.28. The zero-order valence-electron chi connectivity index (χ0n) is 32.6. The number of ketones is 2. The van der Waals surface area contributed by atoms with Crippen molar-refractivity contribution in [2.45, 2.75) is 97.8 Å². The number of rotatable bonds is 25. The normalized spacial score (nSPS) is 13.8. The first-order valence-corrected chi connectivity index (χ1v) is 18.3. The van der Waals surface area contributed by atoms with Crippen LogP contribution in [0.25, 0.3) is 0 Å². The third-order valence-electron chi connectivity index (χ3n) is 8.56. The Kier molecular flexibility index (Phi) is 19.6. The van der Waals surface area contributed by atoms with Crippen LogP contribution in [0, 0.1) is 11.8 Å². The van der Waals surface area contributed by atoms with Crippen molar-refractivity contribution in [3.05, 3.63) is 29.8 Å². The van der Waals surface area contributed by atoms with E-state index < -0.39 is 59.2 Å². The van der Waals surface area contributed by atoms with E-state index in [1.54, 1.807) is 52.0 Å². The molecule has 310 valence electrons. The molecule has 0 aliphatic carbocycles. The van der Waals surface area contributed by atoms with Crippen LogP contribution >= 0.6 is 0 Å². The van der Waals surface area contributed by atoms with Gasteiger partial charge in [-0.25, -0.2) is 14.4 Å². The van der Waals surface area contributed by atoms with Crippen molar-refractivity contribution >= 4 is 59.0 Å². The van der Waals surface area contributed by atoms with Gasteiger partial charge in [0.2, 0.25) is 11.8 Å². The van der Waals surface area contributed by atoms with Crippen LogP contribution in [0.2, 0.25) is 0 Å². The van der Waals surface area contributed by atoms with Gasteiger partial charge in [-0.2, -0.15) is 0 Å². The number of amides is 7. The Bertz CT molecular complexity index is 1550. The van der Waals surface area contributed by atoms with E-state index in [0.29, 0.717) is 22.7 Å². The second-order valence-electron chi connectivity index (χ2n) is 13.9. The number of hydrogen-bond acceptors (Lipinski definition) is 13. The van der Waals surface area contributed by atoms with Crippen molar-refractivity contribution in [3.63, 3.8) is 0 Å². The van der Waals surface area contributed by atoms with Crippen LogP contribution in [0.3, 0.4) is 0 Å². The number of primary amides is 1. The van der Waals surface area contributed by atoms with Crippen molar-refractivity contribution in [1.29, 1.82) is 0 Å². The van der Waals surface area contributed by atoms with E-state index >= 15 is 0 Å². The van der Waals surface area contributed by atoms with Crippen molar-refractivity contribution in [2.75, 3.05) is 38.3 Å². The monoisotopic (exact) mass is 790 g/mol. The number of hydrogen-bond donors (Lipinski definition) is 5. The molecule has 1 aromatic rings. The standard InChI is InChI=1S/C37H54N6O13/c1-23(2)33(41-29(46)14-17-53-19-20-54-18-15-32(49)56-43-30(47)12-13-31(43)48)28(45)21-26(7-6-16-39-35(38)51)34(50)40-27-10-8-25(9-11-27)22-55-36(52)42-37(4,5)24(3)44/h8-11,23,26,33H,6-7,12-22H2,1-5H3,(H,40,50)(H,41,46)(H,42,52)(H3,38,39,51)/t26-,33+/m1/s1. The molecule has 0 radical (unpaired) electrons. The lowest BCUT2D eigenvalue weighted by Gasteiger charge is -2.24. The fourth-order valence-corrected chi connectivity index (χ4v) is 5.02. The number of nitrogens with one attached hydrogen (secondary N) is 4. The summed E-state index contributed by atoms with van der Waals surface area (Å²) in [5, 5.41) is 10.9. The third kappa shape index (κ3) is 17.4. The summed E-state index contributed by atoms with van der Waals surface area (Å²) in [5.41, 5.74) is 5.11. The minimum atomic E-state index is -1.08. The fourth-order valence-electron chi connectivity index (χ4n) is 5.02. The molecule has 0 spiro atoms. The van der Waals surface area contributed by atoms with E-state index in [0.717, 1.165) is 0 Å². The summed E-state index contributed by atoms with van der Waals surface area (Å²) in [5.74, 6) is -4.55. The molecule has 56 heavy (non-hydrogen) atoms. The van der Waals surface area contributed by atoms with Crippen LogP contribution in [-0.4, -0.2) is 103 Å². The number of hydroxylamine groups is 2. The molecule has 7 amide bonds. The number of urea groups is 1. The average Bonchev–Trinajstić information content (AvgIpc) is 3.44. The lowest BCUT2D eigenvalue weighted by atomic mass is 9.89. The molecule has 19 nitrogen and oxygen atoms in total. The first kappa shape index (κ1) is 46.7. The molecule has 0 unspecified atom stereocenters. The van der Waals surface area contributed by atoms with Crippen LogP contribution < -0.4 is 27.0 Å². The van der Waals surface area contributed by atoms with Crippen LogP contribution in [0.4, 0.5) is 15.3 Å². The molecule has 0 aromatic heterocycles. The second-order valence-corrected chi connectivity index (χ2v) is 13.9. The van der Waals surface area contributed by atoms with E-state index in [-0.39, 0.29) is 95.6 Å². The lowest BCUT2D eigenvalue weighted by molar-refractivity contribution is -0.198. The Balaban J connectivity index is 1.84. The van der Waals surface area contributed by atoms with Crippen LogP contribution in [0.1, 0.15) is 85.1 Å². The minimum Gasteiger partial charge on any atom is -0.445 e. The molecule has 0 bridgehead atoms. The number of carbonyl (C=O) groups excluding carboxylic acids is 9. The highest BCUT2D eigenvalue weighted by Crippen LogP contribution is 2.20. The van der Waals surface area contributed by atoms with Crippen LogP contribution in [0.15, 0.2) is 24.3 Å². The maximum atomic E-state index is 13.5. The molecule has 1 heterocycles. The summed E-state index contributed by atoms with van der Waals surface area (Å²) in [6, 6.07) is 4.87. The Hall–Kier alpha value is -5.43. The quantitative estimate of drug-likeness (QED) is 0.0700. The van der Waals surface area contributed by atoms with Gasteiger partial charge in [-0.3, -0.25) is 28.8 Å². The van der Waals surface area contributed by atoms with Crippen molar-refractivity contribution in [3.8, 4) is 0 Å². The largest absolute Gasteiger partial charge is 0.445 e. The molecule has 1 aromatic carbocycles. The third-order valence-corrected chi connectivity index (χ3v) is 8.56. The molecule has 2 rings (SSSR count). The molecule has 1 saturated heterocycles. The summed E-state index contributed by atoms with van der Waals surface area (Å²) in [4.78, 5) is 114. The van der Waals surface area contributed by atoms with E-state index in [4.69, 9.17) is 24.8 Å². The van der Waals surface area contributed by atoms with E-state index in [2.05, 4.69) is 21.3 Å². The summed E-state index contributed by atoms with van der Waals surface area (Å²) in [6.07, 6.45) is -0.650. The van der Waals surface area contributed by atoms with E-state index in [1.807, 2.05) is 0 Å². The summed E-state index contributed by atoms with van der Waals surface area (Å²) in [7, 11) is 0. The molecule has 2 atom stereocenters. The molecule has 0 saturated carbocycles. The predicted octanol–water partition coefficient (Wildman–Crippen LogP) is 1.80. The topological polar surface area (TPSA) is 268 Å². The fraction of sp³-hybridized carbons (Fsp3) is 0.595. The number of anilines is 1. The minimum absolute atomic E-state index is 0.00337. The highest BCUT2D eigenvalue weighted by Gasteiger charge is 2.33. The smallest absolute Gasteiger partial charge is 0.408 e. The number of Topliss-reactive ketones (excluding diaryl/α,β-unsaturated/α-hetero) is 2. The van der Waals surface area contributed by atoms with Gasteiger partial charge in [0, 0.05) is 43.8 Å². The highest BCUT2D eigenvalue weighted by molar-refractivity contribution is 6.01. The molecule has 1 aliphatic heterocycles. The molecular weight excluding hydrogens is 736 g/mol. The van der Waals surface area contributed by atoms with Gasteiger partial charge in [0.25, 0.3) is 11.8 Å². The first-order chi connectivity index (χ1) is 26.4. The van der Waals surface area contributed by atoms with Gasteiger partial charge in [0.15, 0.2) is 11.6 Å². The van der Waals surface area contributed by atoms with E-state index in [9.17, 15) is 43.2 Å². The maximum Gasteiger partial charge on any atom is 0.408 e. The predicted molar refractivity (Wildman–Crippen MR) is 198 cm³/mol. The van der Waals surface area contributed by atoms with E-state index in [1.165, 1.54) is 6.92 Å². The Morgan fingerprint density at radius 2 is 1.50 bits per heavy atom. The summed E-state index contributed by atoms with van der Waals surface area (Å²) < 4.78 is 15.9. The number of imide groups is 1. The second kappa shape index (κ2) is 23.5. The molecule has 19 heteroatoms. The van der Waals surface area contributed by atoms with Gasteiger partial charge in [-0.1, -0.05) is 26.0 Å². The Labute approximate surface area is 325 Å². The number of nitrogens with zero attached hydrogens (tertiary/aromatic N) is 1. The van der Waals surface area contributed by atoms with Crippen molar-refractivity contribution < 1.29 is 62.2 Å². The van der Waals surface area contributed by atoms with Gasteiger partial charge in [0.1, 0.15) is 6.61 Å². The molecular formula is C37H54N6O13. The Morgan fingerprint density at radius 3 is 2.07 bits per heavy atom. The zero-order chi connectivity index (χ0) is 41.8.